The van der Waals surface area contributed by atoms with Crippen molar-refractivity contribution in [1.82, 2.24) is 5.32 Å². The third-order valence-corrected chi connectivity index (χ3v) is 1.91. The summed E-state index contributed by atoms with van der Waals surface area (Å²) in [6.07, 6.45) is -2.10. The van der Waals surface area contributed by atoms with E-state index in [1.807, 2.05) is 0 Å². The van der Waals surface area contributed by atoms with Crippen LogP contribution < -0.4 is 5.32 Å². The fourth-order valence-electron chi connectivity index (χ4n) is 0.974. The van der Waals surface area contributed by atoms with Crippen molar-refractivity contribution in [1.29, 1.82) is 0 Å². The van der Waals surface area contributed by atoms with Crippen LogP contribution in [0, 0.1) is 11.6 Å². The number of halogens is 4. The maximum Gasteiger partial charge on any atom is 0.237 e. The predicted molar refractivity (Wildman–Crippen MR) is 49.1 cm³/mol. The zero-order chi connectivity index (χ0) is 11.4. The van der Waals surface area contributed by atoms with Crippen LogP contribution in [0.25, 0.3) is 0 Å². The molecule has 0 aliphatic rings. The molecule has 1 aromatic rings. The van der Waals surface area contributed by atoms with Crippen molar-refractivity contribution in [2.24, 2.45) is 0 Å². The van der Waals surface area contributed by atoms with Crippen molar-refractivity contribution in [3.63, 3.8) is 0 Å². The topological polar surface area (TPSA) is 29.1 Å². The molecule has 0 bridgehead atoms. The number of hydrogen-bond acceptors (Lipinski definition) is 1. The molecule has 82 valence electrons. The molecule has 6 heteroatoms. The van der Waals surface area contributed by atoms with E-state index in [4.69, 9.17) is 11.6 Å². The third kappa shape index (κ3) is 2.86. The number of alkyl halides is 2. The molecule has 0 saturated carbocycles. The van der Waals surface area contributed by atoms with Crippen molar-refractivity contribution in [2.75, 3.05) is 5.88 Å². The fraction of sp³-hybridized carbons (Fsp3) is 0.222. The van der Waals surface area contributed by atoms with Gasteiger partial charge < -0.3 is 5.32 Å². The Morgan fingerprint density at radius 1 is 1.47 bits per heavy atom. The Labute approximate surface area is 89.0 Å². The lowest BCUT2D eigenvalue weighted by Crippen LogP contribution is -2.27. The molecule has 0 aliphatic heterocycles. The molecule has 0 spiro atoms. The van der Waals surface area contributed by atoms with E-state index < -0.39 is 35.3 Å². The van der Waals surface area contributed by atoms with Crippen molar-refractivity contribution in [3.8, 4) is 0 Å². The highest BCUT2D eigenvalue weighted by molar-refractivity contribution is 6.27. The molecule has 1 aromatic carbocycles. The van der Waals surface area contributed by atoms with Gasteiger partial charge in [0, 0.05) is 5.56 Å². The summed E-state index contributed by atoms with van der Waals surface area (Å²) in [5, 5.41) is 1.77. The van der Waals surface area contributed by atoms with Crippen molar-refractivity contribution in [2.45, 2.75) is 6.30 Å². The predicted octanol–water partition coefficient (Wildman–Crippen LogP) is 2.29. The summed E-state index contributed by atoms with van der Waals surface area (Å²) < 4.78 is 38.9. The molecule has 1 amide bonds. The molecule has 1 unspecified atom stereocenters. The summed E-state index contributed by atoms with van der Waals surface area (Å²) in [5.74, 6) is -3.74. The smallest absolute Gasteiger partial charge is 0.237 e. The molecule has 0 fully saturated rings. The molecule has 0 heterocycles. The van der Waals surface area contributed by atoms with Gasteiger partial charge in [-0.2, -0.15) is 0 Å². The number of amides is 1. The van der Waals surface area contributed by atoms with E-state index in [1.165, 1.54) is 0 Å². The maximum atomic E-state index is 13.2. The Bertz CT molecular complexity index is 372. The van der Waals surface area contributed by atoms with Crippen LogP contribution in [0.2, 0.25) is 0 Å². The number of carbonyl (C=O) groups excluding carboxylic acids is 1. The zero-order valence-corrected chi connectivity index (χ0v) is 8.19. The van der Waals surface area contributed by atoms with Gasteiger partial charge in [-0.3, -0.25) is 4.79 Å². The standard InChI is InChI=1S/C9H7ClF3NO/c10-4-7(15)14-9(13)5-2-1-3-6(11)8(5)12/h1-3,9H,4H2,(H,14,15). The van der Waals surface area contributed by atoms with Gasteiger partial charge in [0.2, 0.25) is 12.2 Å². The van der Waals surface area contributed by atoms with E-state index in [2.05, 4.69) is 0 Å². The second-order valence-electron chi connectivity index (χ2n) is 2.71. The van der Waals surface area contributed by atoms with Crippen LogP contribution >= 0.6 is 11.6 Å². The molecular formula is C9H7ClF3NO. The highest BCUT2D eigenvalue weighted by atomic mass is 35.5. The molecule has 0 radical (unpaired) electrons. The number of rotatable bonds is 3. The molecule has 1 rings (SSSR count). The summed E-state index contributed by atoms with van der Waals surface area (Å²) in [4.78, 5) is 10.7. The first-order valence-corrected chi connectivity index (χ1v) is 4.53. The number of benzene rings is 1. The molecule has 2 nitrogen and oxygen atoms in total. The lowest BCUT2D eigenvalue weighted by atomic mass is 10.2. The van der Waals surface area contributed by atoms with Gasteiger partial charge in [0.25, 0.3) is 0 Å². The number of nitrogens with one attached hydrogen (secondary N) is 1. The Hall–Kier alpha value is -1.23. The van der Waals surface area contributed by atoms with Gasteiger partial charge in [-0.25, -0.2) is 13.2 Å². The van der Waals surface area contributed by atoms with Crippen LogP contribution in [0.5, 0.6) is 0 Å². The summed E-state index contributed by atoms with van der Waals surface area (Å²) in [5.41, 5.74) is -0.562. The first kappa shape index (κ1) is 11.8. The molecule has 0 saturated heterocycles. The van der Waals surface area contributed by atoms with Gasteiger partial charge >= 0.3 is 0 Å². The van der Waals surface area contributed by atoms with Crippen LogP contribution in [0.15, 0.2) is 18.2 Å². The molecular weight excluding hydrogens is 231 g/mol. The monoisotopic (exact) mass is 237 g/mol. The van der Waals surface area contributed by atoms with Gasteiger partial charge in [0.05, 0.1) is 0 Å². The van der Waals surface area contributed by atoms with E-state index in [1.54, 1.807) is 5.32 Å². The lowest BCUT2D eigenvalue weighted by molar-refractivity contribution is -0.120. The van der Waals surface area contributed by atoms with Gasteiger partial charge in [0.1, 0.15) is 5.88 Å². The zero-order valence-electron chi connectivity index (χ0n) is 7.44. The molecule has 1 N–H and O–H groups in total. The summed E-state index contributed by atoms with van der Waals surface area (Å²) in [6, 6.07) is 3.04. The SMILES string of the molecule is O=C(CCl)NC(F)c1cccc(F)c1F. The van der Waals surface area contributed by atoms with Crippen molar-refractivity contribution >= 4 is 17.5 Å². The second kappa shape index (κ2) is 5.02. The first-order chi connectivity index (χ1) is 7.06. The van der Waals surface area contributed by atoms with E-state index >= 15 is 0 Å². The minimum atomic E-state index is -2.10. The maximum absolute atomic E-state index is 13.2. The molecule has 1 atom stereocenters. The van der Waals surface area contributed by atoms with Crippen LogP contribution in [0.3, 0.4) is 0 Å². The Kier molecular flexibility index (Phi) is 3.96. The van der Waals surface area contributed by atoms with Gasteiger partial charge in [-0.15, -0.1) is 11.6 Å². The summed E-state index contributed by atoms with van der Waals surface area (Å²) >= 11 is 5.11. The van der Waals surface area contributed by atoms with Crippen molar-refractivity contribution < 1.29 is 18.0 Å². The van der Waals surface area contributed by atoms with E-state index in [9.17, 15) is 18.0 Å². The van der Waals surface area contributed by atoms with Crippen LogP contribution in [0.1, 0.15) is 11.9 Å². The van der Waals surface area contributed by atoms with Gasteiger partial charge in [-0.05, 0) is 6.07 Å². The summed E-state index contributed by atoms with van der Waals surface area (Å²) in [6.45, 7) is 0. The van der Waals surface area contributed by atoms with Crippen LogP contribution in [-0.2, 0) is 4.79 Å². The van der Waals surface area contributed by atoms with E-state index in [0.717, 1.165) is 18.2 Å². The second-order valence-corrected chi connectivity index (χ2v) is 2.97. The van der Waals surface area contributed by atoms with Crippen LogP contribution in [0.4, 0.5) is 13.2 Å². The highest BCUT2D eigenvalue weighted by Crippen LogP contribution is 2.20. The highest BCUT2D eigenvalue weighted by Gasteiger charge is 2.18. The normalized spacial score (nSPS) is 12.3. The molecule has 0 aromatic heterocycles. The van der Waals surface area contributed by atoms with Crippen molar-refractivity contribution in [3.05, 3.63) is 35.4 Å². The number of hydrogen-bond donors (Lipinski definition) is 1. The Morgan fingerprint density at radius 2 is 2.13 bits per heavy atom. The fourth-order valence-corrected chi connectivity index (χ4v) is 1.05. The molecule has 15 heavy (non-hydrogen) atoms. The van der Waals surface area contributed by atoms with Crippen LogP contribution in [-0.4, -0.2) is 11.8 Å². The molecule has 0 aliphatic carbocycles. The quantitative estimate of drug-likeness (QED) is 0.634. The summed E-state index contributed by atoms with van der Waals surface area (Å²) in [7, 11) is 0. The van der Waals surface area contributed by atoms with Gasteiger partial charge in [0.15, 0.2) is 11.6 Å². The number of carbonyl (C=O) groups is 1. The van der Waals surface area contributed by atoms with Gasteiger partial charge in [-0.1, -0.05) is 12.1 Å². The Balaban J connectivity index is 2.86. The minimum absolute atomic E-state index is 0.447. The van der Waals surface area contributed by atoms with E-state index in [-0.39, 0.29) is 0 Å². The average Bonchev–Trinajstić information content (AvgIpc) is 2.21. The van der Waals surface area contributed by atoms with E-state index in [0.29, 0.717) is 0 Å². The third-order valence-electron chi connectivity index (χ3n) is 1.66. The average molecular weight is 238 g/mol. The Morgan fingerprint density at radius 3 is 2.73 bits per heavy atom. The first-order valence-electron chi connectivity index (χ1n) is 3.99. The lowest BCUT2D eigenvalue weighted by Gasteiger charge is -2.10. The minimum Gasteiger partial charge on any atom is -0.322 e. The largest absolute Gasteiger partial charge is 0.322 e.